The van der Waals surface area contributed by atoms with Gasteiger partial charge in [0.15, 0.2) is 0 Å². The van der Waals surface area contributed by atoms with Crippen molar-refractivity contribution >= 4 is 88.3 Å². The number of nitrogens with one attached hydrogen (secondary N) is 5. The third-order valence-electron chi connectivity index (χ3n) is 13.4. The number of aromatic carboxylic acids is 4. The van der Waals surface area contributed by atoms with E-state index in [0.717, 1.165) is 0 Å². The average Bonchev–Trinajstić information content (AvgIpc) is 2.75. The van der Waals surface area contributed by atoms with Gasteiger partial charge in [0.1, 0.15) is 0 Å². The van der Waals surface area contributed by atoms with Crippen molar-refractivity contribution in [2.75, 3.05) is 10.0 Å². The standard InChI is InChI=1S/C27H22N4O6.C25H20N4O6.C9H10N4O2/c1-16-22(24(32)30(28-16)20-12-8-18(9-13-20)26(34)35)6-4-3-5-7-23-17(2)29-31(25(23)33)21-14-10-19(11-15-21)27(36)37;1-14-20(22(30)28(26-14)18-10-6-16(7-11-18)24(32)33)4-3-5-21-15(2)27-29(23(21)31)19-12-8-17(9-13-19)25(34)35;1-4-6(8(14)12-10-4)3-7-5(2)11-13-9(7)15/h3-15,28H,1-2H3,(H,34,35)(H,36,37);3-13,26H,1-2H3,(H,32,33)(H,34,35);3H,1-2H3,(H,12,14)(H2,11,13,15)/b5-3-,6-4+,23-7?;4-3+,21-5?;. The maximum absolute atomic E-state index is 12.9. The summed E-state index contributed by atoms with van der Waals surface area (Å²) in [5, 5.41) is 61.9. The molecule has 3 amide bonds. The fourth-order valence-electron chi connectivity index (χ4n) is 8.61. The number of carboxylic acid groups (broad SMARTS) is 4. The first kappa shape index (κ1) is 60.7. The molecule has 440 valence electrons. The van der Waals surface area contributed by atoms with Crippen LogP contribution in [0.5, 0.6) is 0 Å². The van der Waals surface area contributed by atoms with Crippen molar-refractivity contribution in [1.82, 2.24) is 35.2 Å². The highest BCUT2D eigenvalue weighted by Gasteiger charge is 2.30. The van der Waals surface area contributed by atoms with Crippen LogP contribution >= 0.6 is 0 Å². The molecule has 0 radical (unpaired) electrons. The molecule has 7 aromatic rings. The highest BCUT2D eigenvalue weighted by Crippen LogP contribution is 2.26. The number of aryl methyl sites for hydroxylation is 3. The summed E-state index contributed by atoms with van der Waals surface area (Å²) in [7, 11) is 0. The van der Waals surface area contributed by atoms with Crippen molar-refractivity contribution in [2.45, 2.75) is 41.5 Å². The number of amides is 3. The molecule has 3 aliphatic heterocycles. The van der Waals surface area contributed by atoms with Crippen LogP contribution in [-0.4, -0.2) is 109 Å². The van der Waals surface area contributed by atoms with Gasteiger partial charge in [-0.3, -0.25) is 44.1 Å². The van der Waals surface area contributed by atoms with E-state index in [1.807, 2.05) is 0 Å². The number of hydrazone groups is 3. The number of carboxylic acids is 4. The number of allylic oxidation sites excluding steroid dienone is 6. The molecule has 6 heterocycles. The molecule has 3 aliphatic rings. The second-order valence-electron chi connectivity index (χ2n) is 19.2. The summed E-state index contributed by atoms with van der Waals surface area (Å²) in [6.45, 7) is 10.3. The lowest BCUT2D eigenvalue weighted by Crippen LogP contribution is -2.21. The number of H-pyrrole nitrogens is 4. The highest BCUT2D eigenvalue weighted by molar-refractivity contribution is 6.31. The first-order valence-corrected chi connectivity index (χ1v) is 26.0. The molecular formula is C61H52N12O14. The van der Waals surface area contributed by atoms with E-state index in [0.29, 0.717) is 90.4 Å². The number of rotatable bonds is 14. The molecule has 0 bridgehead atoms. The molecule has 9 N–H and O–H groups in total. The third-order valence-corrected chi connectivity index (χ3v) is 13.4. The van der Waals surface area contributed by atoms with Crippen molar-refractivity contribution in [3.05, 3.63) is 237 Å². The van der Waals surface area contributed by atoms with Crippen molar-refractivity contribution in [3.8, 4) is 11.4 Å². The second kappa shape index (κ2) is 25.8. The van der Waals surface area contributed by atoms with Crippen molar-refractivity contribution in [3.63, 3.8) is 0 Å². The molecule has 0 spiro atoms. The molecule has 0 aliphatic carbocycles. The summed E-state index contributed by atoms with van der Waals surface area (Å²) in [5.41, 5.74) is 9.71. The zero-order chi connectivity index (χ0) is 63.0. The fourth-order valence-corrected chi connectivity index (χ4v) is 8.61. The Morgan fingerprint density at radius 1 is 0.425 bits per heavy atom. The lowest BCUT2D eigenvalue weighted by atomic mass is 10.1. The Balaban J connectivity index is 0.000000183. The van der Waals surface area contributed by atoms with Crippen LogP contribution in [0.2, 0.25) is 0 Å². The largest absolute Gasteiger partial charge is 0.478 e. The Labute approximate surface area is 491 Å². The lowest BCUT2D eigenvalue weighted by Gasteiger charge is -2.11. The van der Waals surface area contributed by atoms with E-state index >= 15 is 0 Å². The quantitative estimate of drug-likeness (QED) is 0.0394. The Hall–Kier alpha value is -12.4. The summed E-state index contributed by atoms with van der Waals surface area (Å²) in [4.78, 5) is 118. The number of benzene rings is 4. The van der Waals surface area contributed by atoms with Crippen LogP contribution in [0.25, 0.3) is 29.6 Å². The topological polar surface area (TPSA) is 380 Å². The predicted octanol–water partition coefficient (Wildman–Crippen LogP) is 6.92. The normalized spacial score (nSPS) is 15.3. The minimum atomic E-state index is -1.06. The van der Waals surface area contributed by atoms with Gasteiger partial charge in [0.05, 0.1) is 95.5 Å². The molecule has 0 unspecified atom stereocenters. The molecule has 4 aromatic carbocycles. The first-order valence-electron chi connectivity index (χ1n) is 26.0. The fraction of sp³-hybridized carbons (Fsp3) is 0.0984. The van der Waals surface area contributed by atoms with Gasteiger partial charge in [-0.05, 0) is 169 Å². The van der Waals surface area contributed by atoms with E-state index in [-0.39, 0.29) is 56.7 Å². The van der Waals surface area contributed by atoms with Crippen LogP contribution in [0.3, 0.4) is 0 Å². The highest BCUT2D eigenvalue weighted by atomic mass is 16.4. The van der Waals surface area contributed by atoms with Gasteiger partial charge < -0.3 is 25.5 Å². The summed E-state index contributed by atoms with van der Waals surface area (Å²) in [5.74, 6) is -5.22. The number of aromatic amines is 4. The molecule has 10 rings (SSSR count). The van der Waals surface area contributed by atoms with Gasteiger partial charge in [-0.15, -0.1) is 0 Å². The Bertz CT molecular complexity index is 4440. The minimum Gasteiger partial charge on any atom is -0.478 e. The summed E-state index contributed by atoms with van der Waals surface area (Å²) >= 11 is 0. The maximum Gasteiger partial charge on any atom is 0.335 e. The zero-order valence-electron chi connectivity index (χ0n) is 46.9. The van der Waals surface area contributed by atoms with Crippen LogP contribution in [0.4, 0.5) is 11.4 Å². The van der Waals surface area contributed by atoms with E-state index in [4.69, 9.17) is 20.4 Å². The molecule has 0 saturated carbocycles. The molecule has 0 fully saturated rings. The van der Waals surface area contributed by atoms with Crippen LogP contribution in [0, 0.1) is 20.8 Å². The molecule has 3 aromatic heterocycles. The van der Waals surface area contributed by atoms with Gasteiger partial charge in [-0.2, -0.15) is 25.3 Å². The summed E-state index contributed by atoms with van der Waals surface area (Å²) in [6, 6.07) is 23.5. The van der Waals surface area contributed by atoms with E-state index in [2.05, 4.69) is 41.1 Å². The number of anilines is 2. The van der Waals surface area contributed by atoms with Gasteiger partial charge in [-0.1, -0.05) is 24.3 Å². The number of nitrogens with zero attached hydrogens (tertiary/aromatic N) is 7. The predicted molar refractivity (Wildman–Crippen MR) is 323 cm³/mol. The Morgan fingerprint density at radius 3 is 1.16 bits per heavy atom. The van der Waals surface area contributed by atoms with E-state index in [1.54, 1.807) is 102 Å². The lowest BCUT2D eigenvalue weighted by molar-refractivity contribution is -0.116. The van der Waals surface area contributed by atoms with Crippen molar-refractivity contribution < 1.29 is 54.0 Å². The Morgan fingerprint density at radius 2 is 0.805 bits per heavy atom. The van der Waals surface area contributed by atoms with Gasteiger partial charge >= 0.3 is 23.9 Å². The van der Waals surface area contributed by atoms with Gasteiger partial charge in [0, 0.05) is 17.1 Å². The number of carbonyl (C=O) groups excluding carboxylic acids is 3. The van der Waals surface area contributed by atoms with Crippen LogP contribution < -0.4 is 32.1 Å². The second-order valence-corrected chi connectivity index (χ2v) is 19.2. The van der Waals surface area contributed by atoms with Gasteiger partial charge in [0.2, 0.25) is 0 Å². The van der Waals surface area contributed by atoms with Crippen LogP contribution in [0.1, 0.15) is 96.0 Å². The van der Waals surface area contributed by atoms with Gasteiger partial charge in [-0.25, -0.2) is 34.0 Å². The maximum atomic E-state index is 12.9. The van der Waals surface area contributed by atoms with Crippen LogP contribution in [0.15, 0.2) is 180 Å². The molecular weight excluding hydrogens is 1120 g/mol. The van der Waals surface area contributed by atoms with Gasteiger partial charge in [0.25, 0.3) is 34.4 Å². The van der Waals surface area contributed by atoms with E-state index < -0.39 is 23.9 Å². The number of hydrogen-bond acceptors (Lipinski definition) is 13. The molecule has 87 heavy (non-hydrogen) atoms. The summed E-state index contributed by atoms with van der Waals surface area (Å²) < 4.78 is 2.64. The number of carbonyl (C=O) groups is 7. The average molecular weight is 1180 g/mol. The SMILES string of the molecule is CC1=NN(c2ccc(C(=O)O)cc2)C(=O)C1=C/C=C/c1c(C)[nH]n(-c2ccc(C(=O)O)cc2)c1=O.CC1=NN(c2ccc(C(=O)O)cc2)C(=O)C1=C/C=C\C=C\c1c(C)[nH]n(-c2ccc(C(=O)O)cc2)c1=O.CC1=NNC(=O)C1=Cc1c(C)[nH][nH]c1=O. The van der Waals surface area contributed by atoms with E-state index in [9.17, 15) is 47.9 Å². The zero-order valence-corrected chi connectivity index (χ0v) is 46.9. The molecule has 26 nitrogen and oxygen atoms in total. The Kier molecular flexibility index (Phi) is 18.0. The van der Waals surface area contributed by atoms with Crippen LogP contribution in [-0.2, 0) is 14.4 Å². The summed E-state index contributed by atoms with van der Waals surface area (Å²) in [6.07, 6.45) is 14.5. The number of hydrogen-bond donors (Lipinski definition) is 9. The van der Waals surface area contributed by atoms with Crippen molar-refractivity contribution in [1.29, 1.82) is 0 Å². The minimum absolute atomic E-state index is 0.102. The monoisotopic (exact) mass is 1180 g/mol. The first-order chi connectivity index (χ1) is 41.4. The smallest absolute Gasteiger partial charge is 0.335 e. The third kappa shape index (κ3) is 13.5. The molecule has 0 atom stereocenters. The van der Waals surface area contributed by atoms with Crippen molar-refractivity contribution in [2.24, 2.45) is 15.3 Å². The molecule has 26 heteroatoms. The number of aromatic nitrogens is 6. The van der Waals surface area contributed by atoms with E-state index in [1.165, 1.54) is 110 Å². The molecule has 0 saturated heterocycles.